The highest BCUT2D eigenvalue weighted by Gasteiger charge is 2.55. The first-order chi connectivity index (χ1) is 9.12. The van der Waals surface area contributed by atoms with E-state index in [1.165, 1.54) is 0 Å². The lowest BCUT2D eigenvalue weighted by Crippen LogP contribution is -2.71. The van der Waals surface area contributed by atoms with Crippen LogP contribution in [-0.4, -0.2) is 35.5 Å². The first kappa shape index (κ1) is 12.0. The molecule has 0 aromatic heterocycles. The standard InChI is InChI=1S/C14H17N3O2/c1-10-4-2-5-11(8-10)16-13(19)17-7-3-6-14(17)9-15-12(14)18/h2,4-5,8H,3,6-7,9H2,1H3,(H,15,18)(H,16,19). The molecule has 3 rings (SSSR count). The van der Waals surface area contributed by atoms with Crippen LogP contribution in [-0.2, 0) is 4.79 Å². The number of anilines is 1. The molecule has 0 saturated carbocycles. The summed E-state index contributed by atoms with van der Waals surface area (Å²) in [6.07, 6.45) is 1.65. The zero-order chi connectivity index (χ0) is 13.5. The molecule has 1 atom stereocenters. The van der Waals surface area contributed by atoms with Crippen molar-refractivity contribution >= 4 is 17.6 Å². The zero-order valence-electron chi connectivity index (χ0n) is 10.9. The van der Waals surface area contributed by atoms with Gasteiger partial charge in [0.15, 0.2) is 0 Å². The fourth-order valence-electron chi connectivity index (χ4n) is 2.87. The van der Waals surface area contributed by atoms with Gasteiger partial charge in [-0.05, 0) is 37.5 Å². The van der Waals surface area contributed by atoms with Crippen molar-refractivity contribution in [2.24, 2.45) is 0 Å². The van der Waals surface area contributed by atoms with Crippen molar-refractivity contribution in [3.05, 3.63) is 29.8 Å². The second-order valence-corrected chi connectivity index (χ2v) is 5.27. The molecular weight excluding hydrogens is 242 g/mol. The predicted octanol–water partition coefficient (Wildman–Crippen LogP) is 1.49. The molecule has 0 radical (unpaired) electrons. The van der Waals surface area contributed by atoms with Crippen molar-refractivity contribution in [1.29, 1.82) is 0 Å². The summed E-state index contributed by atoms with van der Waals surface area (Å²) >= 11 is 0. The molecule has 100 valence electrons. The molecule has 1 aromatic rings. The van der Waals surface area contributed by atoms with Crippen LogP contribution in [0.4, 0.5) is 10.5 Å². The number of amides is 3. The number of nitrogens with one attached hydrogen (secondary N) is 2. The number of urea groups is 1. The van der Waals surface area contributed by atoms with E-state index >= 15 is 0 Å². The summed E-state index contributed by atoms with van der Waals surface area (Å²) < 4.78 is 0. The van der Waals surface area contributed by atoms with E-state index in [1.54, 1.807) is 4.90 Å². The van der Waals surface area contributed by atoms with Gasteiger partial charge in [0.1, 0.15) is 5.54 Å². The maximum atomic E-state index is 12.3. The van der Waals surface area contributed by atoms with Crippen LogP contribution in [0.5, 0.6) is 0 Å². The average Bonchev–Trinajstić information content (AvgIpc) is 2.84. The van der Waals surface area contributed by atoms with Crippen molar-refractivity contribution in [1.82, 2.24) is 10.2 Å². The monoisotopic (exact) mass is 259 g/mol. The molecular formula is C14H17N3O2. The zero-order valence-corrected chi connectivity index (χ0v) is 10.9. The molecule has 2 aliphatic rings. The Kier molecular flexibility index (Phi) is 2.69. The first-order valence-corrected chi connectivity index (χ1v) is 6.55. The minimum absolute atomic E-state index is 0.0237. The molecule has 2 aliphatic heterocycles. The van der Waals surface area contributed by atoms with Gasteiger partial charge in [0.25, 0.3) is 0 Å². The molecule has 0 bridgehead atoms. The third-order valence-electron chi connectivity index (χ3n) is 3.97. The van der Waals surface area contributed by atoms with E-state index in [0.29, 0.717) is 13.1 Å². The largest absolute Gasteiger partial charge is 0.351 e. The lowest BCUT2D eigenvalue weighted by molar-refractivity contribution is -0.138. The van der Waals surface area contributed by atoms with Crippen LogP contribution in [0.1, 0.15) is 18.4 Å². The van der Waals surface area contributed by atoms with E-state index in [-0.39, 0.29) is 11.9 Å². The molecule has 2 fully saturated rings. The Hall–Kier alpha value is -2.04. The molecule has 1 unspecified atom stereocenters. The van der Waals surface area contributed by atoms with Crippen molar-refractivity contribution in [2.45, 2.75) is 25.3 Å². The van der Waals surface area contributed by atoms with Crippen LogP contribution in [0.25, 0.3) is 0 Å². The number of carbonyl (C=O) groups is 2. The number of carbonyl (C=O) groups excluding carboxylic acids is 2. The Labute approximate surface area is 112 Å². The molecule has 1 spiro atoms. The highest BCUT2D eigenvalue weighted by atomic mass is 16.2. The third-order valence-corrected chi connectivity index (χ3v) is 3.97. The number of benzene rings is 1. The van der Waals surface area contributed by atoms with E-state index in [2.05, 4.69) is 10.6 Å². The second kappa shape index (κ2) is 4.26. The summed E-state index contributed by atoms with van der Waals surface area (Å²) in [6.45, 7) is 3.20. The van der Waals surface area contributed by atoms with Crippen LogP contribution in [0, 0.1) is 6.92 Å². The second-order valence-electron chi connectivity index (χ2n) is 5.27. The topological polar surface area (TPSA) is 61.4 Å². The Morgan fingerprint density at radius 1 is 1.47 bits per heavy atom. The Bertz CT molecular complexity index is 543. The normalized spacial score (nSPS) is 25.1. The van der Waals surface area contributed by atoms with Gasteiger partial charge in [-0.15, -0.1) is 0 Å². The van der Waals surface area contributed by atoms with E-state index in [9.17, 15) is 9.59 Å². The summed E-state index contributed by atoms with van der Waals surface area (Å²) in [5.41, 5.74) is 1.27. The lowest BCUT2D eigenvalue weighted by Gasteiger charge is -2.44. The molecule has 5 heteroatoms. The summed E-state index contributed by atoms with van der Waals surface area (Å²) in [4.78, 5) is 25.7. The number of aryl methyl sites for hydroxylation is 1. The van der Waals surface area contributed by atoms with Gasteiger partial charge in [-0.3, -0.25) is 4.79 Å². The van der Waals surface area contributed by atoms with Gasteiger partial charge in [0, 0.05) is 12.2 Å². The number of nitrogens with zero attached hydrogens (tertiary/aromatic N) is 1. The quantitative estimate of drug-likeness (QED) is 0.751. The fraction of sp³-hybridized carbons (Fsp3) is 0.429. The van der Waals surface area contributed by atoms with Gasteiger partial charge in [-0.25, -0.2) is 4.79 Å². The molecule has 0 aliphatic carbocycles. The smallest absolute Gasteiger partial charge is 0.322 e. The van der Waals surface area contributed by atoms with Gasteiger partial charge in [0.05, 0.1) is 6.54 Å². The Balaban J connectivity index is 1.76. The number of hydrogen-bond donors (Lipinski definition) is 2. The minimum Gasteiger partial charge on any atom is -0.351 e. The third kappa shape index (κ3) is 1.85. The van der Waals surface area contributed by atoms with E-state index in [1.807, 2.05) is 31.2 Å². The van der Waals surface area contributed by atoms with Crippen molar-refractivity contribution in [3.63, 3.8) is 0 Å². The SMILES string of the molecule is Cc1cccc(NC(=O)N2CCCC23CNC3=O)c1. The maximum absolute atomic E-state index is 12.3. The average molecular weight is 259 g/mol. The molecule has 2 saturated heterocycles. The molecule has 19 heavy (non-hydrogen) atoms. The summed E-state index contributed by atoms with van der Waals surface area (Å²) in [7, 11) is 0. The summed E-state index contributed by atoms with van der Waals surface area (Å²) in [5.74, 6) is -0.0237. The van der Waals surface area contributed by atoms with Gasteiger partial charge < -0.3 is 15.5 Å². The van der Waals surface area contributed by atoms with Crippen LogP contribution in [0.3, 0.4) is 0 Å². The fourth-order valence-corrected chi connectivity index (χ4v) is 2.87. The molecule has 2 N–H and O–H groups in total. The predicted molar refractivity (Wildman–Crippen MR) is 71.9 cm³/mol. The highest BCUT2D eigenvalue weighted by molar-refractivity contribution is 6.00. The van der Waals surface area contributed by atoms with Crippen LogP contribution < -0.4 is 10.6 Å². The Morgan fingerprint density at radius 2 is 2.32 bits per heavy atom. The van der Waals surface area contributed by atoms with Gasteiger partial charge >= 0.3 is 6.03 Å². The molecule has 2 heterocycles. The van der Waals surface area contributed by atoms with Gasteiger partial charge in [-0.2, -0.15) is 0 Å². The van der Waals surface area contributed by atoms with Gasteiger partial charge in [-0.1, -0.05) is 12.1 Å². The number of hydrogen-bond acceptors (Lipinski definition) is 2. The van der Waals surface area contributed by atoms with E-state index in [4.69, 9.17) is 0 Å². The van der Waals surface area contributed by atoms with E-state index < -0.39 is 5.54 Å². The van der Waals surface area contributed by atoms with Crippen molar-refractivity contribution in [3.8, 4) is 0 Å². The van der Waals surface area contributed by atoms with Crippen molar-refractivity contribution in [2.75, 3.05) is 18.4 Å². The van der Waals surface area contributed by atoms with Crippen molar-refractivity contribution < 1.29 is 9.59 Å². The molecule has 1 aromatic carbocycles. The summed E-state index contributed by atoms with van der Waals surface area (Å²) in [6, 6.07) is 7.47. The highest BCUT2D eigenvalue weighted by Crippen LogP contribution is 2.34. The summed E-state index contributed by atoms with van der Waals surface area (Å²) in [5, 5.41) is 5.61. The number of likely N-dealkylation sites (tertiary alicyclic amines) is 1. The minimum atomic E-state index is -0.589. The van der Waals surface area contributed by atoms with Gasteiger partial charge in [0.2, 0.25) is 5.91 Å². The first-order valence-electron chi connectivity index (χ1n) is 6.55. The maximum Gasteiger partial charge on any atom is 0.322 e. The van der Waals surface area contributed by atoms with Crippen LogP contribution in [0.15, 0.2) is 24.3 Å². The van der Waals surface area contributed by atoms with E-state index in [0.717, 1.165) is 24.1 Å². The molecule has 3 amide bonds. The molecule has 5 nitrogen and oxygen atoms in total. The number of β-lactam (4-membered cyclic amide) rings is 1. The van der Waals surface area contributed by atoms with Crippen LogP contribution in [0.2, 0.25) is 0 Å². The van der Waals surface area contributed by atoms with Crippen LogP contribution >= 0.6 is 0 Å². The lowest BCUT2D eigenvalue weighted by atomic mass is 9.88. The number of rotatable bonds is 1. The Morgan fingerprint density at radius 3 is 2.95 bits per heavy atom.